The first kappa shape index (κ1) is 29.3. The normalized spacial score (nSPS) is 12.1. The number of carbonyl (C=O) groups is 2. The van der Waals surface area contributed by atoms with Crippen molar-refractivity contribution in [1.29, 1.82) is 0 Å². The van der Waals surface area contributed by atoms with Crippen LogP contribution >= 0.6 is 23.2 Å². The lowest BCUT2D eigenvalue weighted by Crippen LogP contribution is -2.44. The summed E-state index contributed by atoms with van der Waals surface area (Å²) in [5.74, 6) is -0.347. The van der Waals surface area contributed by atoms with Crippen molar-refractivity contribution in [2.24, 2.45) is 5.92 Å². The molecule has 0 bridgehead atoms. The summed E-state index contributed by atoms with van der Waals surface area (Å²) in [6, 6.07) is 14.6. The number of benzene rings is 3. The Morgan fingerprint density at radius 3 is 2.21 bits per heavy atom. The van der Waals surface area contributed by atoms with Gasteiger partial charge in [0.25, 0.3) is 15.9 Å². The molecule has 0 aromatic heterocycles. The number of aryl methyl sites for hydroxylation is 1. The zero-order valence-corrected chi connectivity index (χ0v) is 23.7. The van der Waals surface area contributed by atoms with Gasteiger partial charge in [0.2, 0.25) is 5.91 Å². The molecule has 0 aliphatic rings. The van der Waals surface area contributed by atoms with Crippen LogP contribution in [0.15, 0.2) is 65.6 Å². The summed E-state index contributed by atoms with van der Waals surface area (Å²) in [6.45, 7) is 5.50. The third-order valence-corrected chi connectivity index (χ3v) is 7.66. The van der Waals surface area contributed by atoms with Gasteiger partial charge >= 0.3 is 0 Å². The van der Waals surface area contributed by atoms with Gasteiger partial charge in [-0.25, -0.2) is 8.42 Å². The van der Waals surface area contributed by atoms with Gasteiger partial charge in [-0.2, -0.15) is 0 Å². The minimum atomic E-state index is -3.96. The Hall–Kier alpha value is -3.27. The first-order chi connectivity index (χ1) is 17.9. The number of methoxy groups -OCH3 is 1. The van der Waals surface area contributed by atoms with E-state index in [0.29, 0.717) is 28.4 Å². The van der Waals surface area contributed by atoms with E-state index in [4.69, 9.17) is 27.9 Å². The second kappa shape index (κ2) is 12.5. The molecular formula is C27H29Cl2N3O5S. The van der Waals surface area contributed by atoms with Crippen LogP contribution in [0, 0.1) is 12.8 Å². The molecule has 0 aliphatic heterocycles. The van der Waals surface area contributed by atoms with Crippen LogP contribution in [0.3, 0.4) is 0 Å². The Kier molecular flexibility index (Phi) is 9.65. The van der Waals surface area contributed by atoms with Gasteiger partial charge in [-0.3, -0.25) is 14.3 Å². The van der Waals surface area contributed by atoms with E-state index in [2.05, 4.69) is 15.4 Å². The van der Waals surface area contributed by atoms with Gasteiger partial charge in [-0.15, -0.1) is 0 Å². The topological polar surface area (TPSA) is 114 Å². The van der Waals surface area contributed by atoms with Crippen LogP contribution in [-0.4, -0.2) is 33.4 Å². The maximum atomic E-state index is 13.2. The number of anilines is 2. The highest BCUT2D eigenvalue weighted by Crippen LogP contribution is 2.25. The van der Waals surface area contributed by atoms with Crippen LogP contribution in [0.5, 0.6) is 5.75 Å². The number of ether oxygens (including phenoxy) is 1. The van der Waals surface area contributed by atoms with Crippen LogP contribution in [-0.2, 0) is 14.8 Å². The first-order valence-corrected chi connectivity index (χ1v) is 14.0. The molecule has 11 heteroatoms. The van der Waals surface area contributed by atoms with Crippen molar-refractivity contribution in [3.05, 3.63) is 81.8 Å². The number of amides is 2. The lowest BCUT2D eigenvalue weighted by molar-refractivity contribution is -0.118. The fourth-order valence-electron chi connectivity index (χ4n) is 3.68. The molecule has 0 unspecified atom stereocenters. The Balaban J connectivity index is 1.80. The van der Waals surface area contributed by atoms with Crippen LogP contribution < -0.4 is 20.1 Å². The summed E-state index contributed by atoms with van der Waals surface area (Å²) < 4.78 is 33.9. The quantitative estimate of drug-likeness (QED) is 0.278. The Bertz CT molecular complexity index is 1430. The predicted octanol–water partition coefficient (Wildman–Crippen LogP) is 5.89. The van der Waals surface area contributed by atoms with Gasteiger partial charge in [-0.05, 0) is 79.4 Å². The molecule has 0 heterocycles. The van der Waals surface area contributed by atoms with Gasteiger partial charge in [-0.1, -0.05) is 43.1 Å². The number of hydrogen-bond donors (Lipinski definition) is 3. The van der Waals surface area contributed by atoms with Gasteiger partial charge in [0.1, 0.15) is 11.8 Å². The van der Waals surface area contributed by atoms with E-state index in [9.17, 15) is 18.0 Å². The number of sulfonamides is 1. The van der Waals surface area contributed by atoms with Crippen LogP contribution in [0.25, 0.3) is 0 Å². The SMILES string of the molecule is COc1ccc(NS(=O)(=O)c2cc(NC(=O)[C@@H](CC(C)C)NC(=O)c3ccc(Cl)cc3Cl)ccc2C)cc1. The standard InChI is InChI=1S/C27H29Cl2N3O5S/c1-16(2)13-24(31-26(33)22-12-6-18(28)14-23(22)29)27(34)30-20-7-5-17(3)25(15-20)38(35,36)32-19-8-10-21(37-4)11-9-19/h5-12,14-16,24,32H,13H2,1-4H3,(H,30,34)(H,31,33)/t24-/m1/s1. The van der Waals surface area contributed by atoms with E-state index in [-0.39, 0.29) is 27.1 Å². The van der Waals surface area contributed by atoms with Gasteiger partial charge in [0, 0.05) is 16.4 Å². The van der Waals surface area contributed by atoms with Gasteiger partial charge < -0.3 is 15.4 Å². The first-order valence-electron chi connectivity index (χ1n) is 11.7. The number of carbonyl (C=O) groups excluding carboxylic acids is 2. The van der Waals surface area contributed by atoms with Gasteiger partial charge in [0.05, 0.1) is 22.6 Å². The molecule has 3 aromatic carbocycles. The number of nitrogens with one attached hydrogen (secondary N) is 3. The fourth-order valence-corrected chi connectivity index (χ4v) is 5.50. The molecule has 0 saturated carbocycles. The summed E-state index contributed by atoms with van der Waals surface area (Å²) in [4.78, 5) is 26.1. The lowest BCUT2D eigenvalue weighted by Gasteiger charge is -2.21. The molecule has 8 nitrogen and oxygen atoms in total. The highest BCUT2D eigenvalue weighted by atomic mass is 35.5. The summed E-state index contributed by atoms with van der Waals surface area (Å²) in [5, 5.41) is 6.00. The molecular weight excluding hydrogens is 549 g/mol. The Morgan fingerprint density at radius 2 is 1.61 bits per heavy atom. The van der Waals surface area contributed by atoms with E-state index in [1.54, 1.807) is 43.3 Å². The monoisotopic (exact) mass is 577 g/mol. The minimum Gasteiger partial charge on any atom is -0.497 e. The Labute approximate surface area is 232 Å². The van der Waals surface area contributed by atoms with Crippen LogP contribution in [0.4, 0.5) is 11.4 Å². The van der Waals surface area contributed by atoms with Crippen molar-refractivity contribution in [3.63, 3.8) is 0 Å². The van der Waals surface area contributed by atoms with Crippen LogP contribution in [0.1, 0.15) is 36.2 Å². The van der Waals surface area contributed by atoms with E-state index in [1.165, 1.54) is 31.4 Å². The molecule has 0 radical (unpaired) electrons. The van der Waals surface area contributed by atoms with Crippen molar-refractivity contribution in [2.75, 3.05) is 17.1 Å². The van der Waals surface area contributed by atoms with E-state index in [1.807, 2.05) is 13.8 Å². The Morgan fingerprint density at radius 1 is 0.947 bits per heavy atom. The molecule has 3 N–H and O–H groups in total. The molecule has 2 amide bonds. The zero-order chi connectivity index (χ0) is 28.0. The highest BCUT2D eigenvalue weighted by Gasteiger charge is 2.25. The highest BCUT2D eigenvalue weighted by molar-refractivity contribution is 7.92. The molecule has 0 aliphatic carbocycles. The van der Waals surface area contributed by atoms with Crippen molar-refractivity contribution in [3.8, 4) is 5.75 Å². The van der Waals surface area contributed by atoms with E-state index < -0.39 is 27.9 Å². The predicted molar refractivity (Wildman–Crippen MR) is 151 cm³/mol. The second-order valence-electron chi connectivity index (χ2n) is 9.08. The van der Waals surface area contributed by atoms with Gasteiger partial charge in [0.15, 0.2) is 0 Å². The summed E-state index contributed by atoms with van der Waals surface area (Å²) in [6.07, 6.45) is 0.346. The lowest BCUT2D eigenvalue weighted by atomic mass is 10.0. The number of rotatable bonds is 10. The smallest absolute Gasteiger partial charge is 0.262 e. The average molecular weight is 579 g/mol. The number of halogens is 2. The van der Waals surface area contributed by atoms with E-state index in [0.717, 1.165) is 0 Å². The summed E-state index contributed by atoms with van der Waals surface area (Å²) in [7, 11) is -2.44. The van der Waals surface area contributed by atoms with Crippen molar-refractivity contribution in [2.45, 2.75) is 38.1 Å². The largest absolute Gasteiger partial charge is 0.497 e. The number of hydrogen-bond acceptors (Lipinski definition) is 5. The fraction of sp³-hybridized carbons (Fsp3) is 0.259. The van der Waals surface area contributed by atoms with Crippen LogP contribution in [0.2, 0.25) is 10.0 Å². The summed E-state index contributed by atoms with van der Waals surface area (Å²) in [5.41, 5.74) is 1.31. The maximum absolute atomic E-state index is 13.2. The molecule has 202 valence electrons. The van der Waals surface area contributed by atoms with Crippen molar-refractivity contribution < 1.29 is 22.7 Å². The molecule has 3 aromatic rings. The zero-order valence-electron chi connectivity index (χ0n) is 21.3. The van der Waals surface area contributed by atoms with Crippen molar-refractivity contribution in [1.82, 2.24) is 5.32 Å². The van der Waals surface area contributed by atoms with Crippen molar-refractivity contribution >= 4 is 56.4 Å². The average Bonchev–Trinajstić information content (AvgIpc) is 2.84. The molecule has 0 saturated heterocycles. The summed E-state index contributed by atoms with van der Waals surface area (Å²) >= 11 is 12.1. The third kappa shape index (κ3) is 7.63. The van der Waals surface area contributed by atoms with E-state index >= 15 is 0 Å². The second-order valence-corrected chi connectivity index (χ2v) is 11.6. The molecule has 38 heavy (non-hydrogen) atoms. The molecule has 1 atom stereocenters. The molecule has 3 rings (SSSR count). The maximum Gasteiger partial charge on any atom is 0.262 e. The minimum absolute atomic E-state index is 0.00325. The molecule has 0 spiro atoms. The third-order valence-electron chi connectivity index (χ3n) is 5.59. The molecule has 0 fully saturated rings.